The number of benzene rings is 2. The van der Waals surface area contributed by atoms with Crippen LogP contribution in [0.3, 0.4) is 0 Å². The minimum absolute atomic E-state index is 0.0398. The Bertz CT molecular complexity index is 682. The zero-order chi connectivity index (χ0) is 13.2. The second-order valence-electron chi connectivity index (χ2n) is 4.76. The van der Waals surface area contributed by atoms with Crippen LogP contribution in [-0.2, 0) is 6.42 Å². The Labute approximate surface area is 117 Å². The van der Waals surface area contributed by atoms with Gasteiger partial charge < -0.3 is 5.73 Å². The molecule has 1 nitrogen and oxygen atoms in total. The van der Waals surface area contributed by atoms with Gasteiger partial charge in [-0.15, -0.1) is 11.3 Å². The van der Waals surface area contributed by atoms with E-state index in [2.05, 4.69) is 60.8 Å². The Balaban J connectivity index is 2.00. The summed E-state index contributed by atoms with van der Waals surface area (Å²) in [6.45, 7) is 2.17. The summed E-state index contributed by atoms with van der Waals surface area (Å²) < 4.78 is 1.30. The summed E-state index contributed by atoms with van der Waals surface area (Å²) in [4.78, 5) is 0. The molecule has 0 saturated carbocycles. The molecule has 0 aliphatic rings. The first-order valence-electron chi connectivity index (χ1n) is 6.60. The van der Waals surface area contributed by atoms with Crippen LogP contribution in [-0.4, -0.2) is 0 Å². The van der Waals surface area contributed by atoms with Crippen molar-refractivity contribution < 1.29 is 0 Å². The molecule has 3 rings (SSSR count). The van der Waals surface area contributed by atoms with E-state index in [1.165, 1.54) is 26.8 Å². The normalized spacial score (nSPS) is 12.7. The molecule has 0 amide bonds. The molecule has 1 unspecified atom stereocenters. The standard InChI is InChI=1S/C17H17NS/c1-2-12-7-9-13(10-8-12)17(18)15-11-19-16-6-4-3-5-14(15)16/h3-11,17H,2,18H2,1H3. The molecule has 96 valence electrons. The van der Waals surface area contributed by atoms with Crippen LogP contribution in [0.2, 0.25) is 0 Å². The molecule has 0 radical (unpaired) electrons. The maximum Gasteiger partial charge on any atom is 0.0566 e. The molecule has 0 bridgehead atoms. The molecule has 2 heteroatoms. The lowest BCUT2D eigenvalue weighted by Gasteiger charge is -2.12. The second kappa shape index (κ2) is 5.16. The quantitative estimate of drug-likeness (QED) is 0.742. The molecule has 2 N–H and O–H groups in total. The average Bonchev–Trinajstić information content (AvgIpc) is 2.90. The van der Waals surface area contributed by atoms with Crippen LogP contribution < -0.4 is 5.73 Å². The third-order valence-electron chi connectivity index (χ3n) is 3.59. The number of rotatable bonds is 3. The molecule has 1 aromatic heterocycles. The highest BCUT2D eigenvalue weighted by Gasteiger charge is 2.13. The second-order valence-corrected chi connectivity index (χ2v) is 5.67. The van der Waals surface area contributed by atoms with E-state index >= 15 is 0 Å². The van der Waals surface area contributed by atoms with Crippen molar-refractivity contribution in [1.29, 1.82) is 0 Å². The molecule has 2 aromatic carbocycles. The molecule has 0 fully saturated rings. The van der Waals surface area contributed by atoms with Crippen LogP contribution in [0, 0.1) is 0 Å². The molecule has 3 aromatic rings. The Morgan fingerprint density at radius 1 is 1.05 bits per heavy atom. The maximum atomic E-state index is 6.43. The first-order chi connectivity index (χ1) is 9.29. The zero-order valence-corrected chi connectivity index (χ0v) is 11.8. The van der Waals surface area contributed by atoms with Gasteiger partial charge in [-0.1, -0.05) is 49.4 Å². The smallest absolute Gasteiger partial charge is 0.0566 e. The van der Waals surface area contributed by atoms with E-state index in [9.17, 15) is 0 Å². The minimum Gasteiger partial charge on any atom is -0.320 e. The lowest BCUT2D eigenvalue weighted by Crippen LogP contribution is -2.11. The third-order valence-corrected chi connectivity index (χ3v) is 4.57. The lowest BCUT2D eigenvalue weighted by molar-refractivity contribution is 0.883. The van der Waals surface area contributed by atoms with Crippen LogP contribution in [0.4, 0.5) is 0 Å². The van der Waals surface area contributed by atoms with Gasteiger partial charge in [0.2, 0.25) is 0 Å². The highest BCUT2D eigenvalue weighted by Crippen LogP contribution is 2.32. The van der Waals surface area contributed by atoms with Crippen molar-refractivity contribution in [2.24, 2.45) is 5.73 Å². The van der Waals surface area contributed by atoms with E-state index in [1.54, 1.807) is 11.3 Å². The summed E-state index contributed by atoms with van der Waals surface area (Å²) >= 11 is 1.76. The Morgan fingerprint density at radius 2 is 1.79 bits per heavy atom. The zero-order valence-electron chi connectivity index (χ0n) is 11.0. The van der Waals surface area contributed by atoms with Gasteiger partial charge >= 0.3 is 0 Å². The summed E-state index contributed by atoms with van der Waals surface area (Å²) in [5, 5.41) is 3.46. The SMILES string of the molecule is CCc1ccc(C(N)c2csc3ccccc23)cc1. The van der Waals surface area contributed by atoms with Gasteiger partial charge in [0.1, 0.15) is 0 Å². The molecular formula is C17H17NS. The van der Waals surface area contributed by atoms with Crippen molar-refractivity contribution in [3.8, 4) is 0 Å². The monoisotopic (exact) mass is 267 g/mol. The van der Waals surface area contributed by atoms with Gasteiger partial charge in [0.15, 0.2) is 0 Å². The van der Waals surface area contributed by atoms with Gasteiger partial charge in [0, 0.05) is 4.70 Å². The predicted octanol–water partition coefficient (Wildman–Crippen LogP) is 4.51. The number of hydrogen-bond acceptors (Lipinski definition) is 2. The van der Waals surface area contributed by atoms with Crippen molar-refractivity contribution in [3.63, 3.8) is 0 Å². The van der Waals surface area contributed by atoms with Gasteiger partial charge in [-0.3, -0.25) is 0 Å². The fourth-order valence-electron chi connectivity index (χ4n) is 2.38. The lowest BCUT2D eigenvalue weighted by atomic mass is 9.98. The van der Waals surface area contributed by atoms with Crippen LogP contribution in [0.1, 0.15) is 29.7 Å². The van der Waals surface area contributed by atoms with E-state index < -0.39 is 0 Å². The van der Waals surface area contributed by atoms with Crippen LogP contribution >= 0.6 is 11.3 Å². The first kappa shape index (κ1) is 12.4. The third kappa shape index (κ3) is 2.29. The number of hydrogen-bond donors (Lipinski definition) is 1. The van der Waals surface area contributed by atoms with Gasteiger partial charge in [-0.2, -0.15) is 0 Å². The van der Waals surface area contributed by atoms with Crippen molar-refractivity contribution in [2.75, 3.05) is 0 Å². The molecule has 1 atom stereocenters. The van der Waals surface area contributed by atoms with Crippen molar-refractivity contribution in [2.45, 2.75) is 19.4 Å². The van der Waals surface area contributed by atoms with Gasteiger partial charge in [-0.05, 0) is 39.9 Å². The minimum atomic E-state index is -0.0398. The van der Waals surface area contributed by atoms with Crippen LogP contribution in [0.5, 0.6) is 0 Å². The fraction of sp³-hybridized carbons (Fsp3) is 0.176. The molecular weight excluding hydrogens is 250 g/mol. The largest absolute Gasteiger partial charge is 0.320 e. The molecule has 0 aliphatic heterocycles. The molecule has 0 saturated heterocycles. The highest BCUT2D eigenvalue weighted by molar-refractivity contribution is 7.17. The molecule has 0 spiro atoms. The maximum absolute atomic E-state index is 6.43. The van der Waals surface area contributed by atoms with Crippen molar-refractivity contribution >= 4 is 21.4 Å². The van der Waals surface area contributed by atoms with Crippen molar-refractivity contribution in [3.05, 3.63) is 70.6 Å². The summed E-state index contributed by atoms with van der Waals surface area (Å²) in [6.07, 6.45) is 1.07. The first-order valence-corrected chi connectivity index (χ1v) is 7.48. The fourth-order valence-corrected chi connectivity index (χ4v) is 3.38. The number of thiophene rings is 1. The molecule has 19 heavy (non-hydrogen) atoms. The summed E-state index contributed by atoms with van der Waals surface area (Å²) in [5.74, 6) is 0. The Hall–Kier alpha value is -1.64. The number of aryl methyl sites for hydroxylation is 1. The Morgan fingerprint density at radius 3 is 2.53 bits per heavy atom. The van der Waals surface area contributed by atoms with E-state index in [0.29, 0.717) is 0 Å². The van der Waals surface area contributed by atoms with E-state index in [-0.39, 0.29) is 6.04 Å². The molecule has 0 aliphatic carbocycles. The number of fused-ring (bicyclic) bond motifs is 1. The topological polar surface area (TPSA) is 26.0 Å². The van der Waals surface area contributed by atoms with Crippen molar-refractivity contribution in [1.82, 2.24) is 0 Å². The van der Waals surface area contributed by atoms with Crippen LogP contribution in [0.25, 0.3) is 10.1 Å². The van der Waals surface area contributed by atoms with Crippen LogP contribution in [0.15, 0.2) is 53.9 Å². The van der Waals surface area contributed by atoms with Gasteiger partial charge in [0.25, 0.3) is 0 Å². The van der Waals surface area contributed by atoms with E-state index in [4.69, 9.17) is 5.73 Å². The predicted molar refractivity (Wildman–Crippen MR) is 83.7 cm³/mol. The number of nitrogens with two attached hydrogens (primary N) is 1. The van der Waals surface area contributed by atoms with E-state index in [0.717, 1.165) is 6.42 Å². The van der Waals surface area contributed by atoms with E-state index in [1.807, 2.05) is 0 Å². The average molecular weight is 267 g/mol. The highest BCUT2D eigenvalue weighted by atomic mass is 32.1. The Kier molecular flexibility index (Phi) is 3.36. The van der Waals surface area contributed by atoms with Gasteiger partial charge in [0.05, 0.1) is 6.04 Å². The summed E-state index contributed by atoms with van der Waals surface area (Å²) in [6, 6.07) is 17.1. The summed E-state index contributed by atoms with van der Waals surface area (Å²) in [7, 11) is 0. The van der Waals surface area contributed by atoms with Gasteiger partial charge in [-0.25, -0.2) is 0 Å². The molecule has 1 heterocycles. The summed E-state index contributed by atoms with van der Waals surface area (Å²) in [5.41, 5.74) is 10.2.